The Morgan fingerprint density at radius 2 is 2.00 bits per heavy atom. The first-order chi connectivity index (χ1) is 8.24. The maximum absolute atomic E-state index is 11.9. The highest BCUT2D eigenvalue weighted by Gasteiger charge is 2.17. The van der Waals surface area contributed by atoms with Crippen LogP contribution < -0.4 is 0 Å². The van der Waals surface area contributed by atoms with Gasteiger partial charge in [-0.15, -0.1) is 0 Å². The number of hydrogen-bond acceptors (Lipinski definition) is 4. The molecule has 0 spiro atoms. The van der Waals surface area contributed by atoms with Gasteiger partial charge in [-0.25, -0.2) is 0 Å². The van der Waals surface area contributed by atoms with Crippen LogP contribution in [0.2, 0.25) is 0 Å². The van der Waals surface area contributed by atoms with Gasteiger partial charge in [0.2, 0.25) is 5.91 Å². The molecule has 0 saturated carbocycles. The van der Waals surface area contributed by atoms with Crippen LogP contribution in [0.15, 0.2) is 0 Å². The van der Waals surface area contributed by atoms with Crippen LogP contribution in [0.1, 0.15) is 19.3 Å². The number of unbranched alkanes of at least 4 members (excludes halogenated alkanes) is 2. The van der Waals surface area contributed by atoms with Gasteiger partial charge in [-0.1, -0.05) is 0 Å². The lowest BCUT2D eigenvalue weighted by Gasteiger charge is -2.28. The summed E-state index contributed by atoms with van der Waals surface area (Å²) >= 11 is 0. The van der Waals surface area contributed by atoms with Crippen LogP contribution in [-0.2, 0) is 9.53 Å². The Morgan fingerprint density at radius 3 is 2.65 bits per heavy atom. The molecule has 17 heavy (non-hydrogen) atoms. The van der Waals surface area contributed by atoms with Gasteiger partial charge in [0.05, 0.1) is 19.8 Å². The fraction of sp³-hybridized carbons (Fsp3) is 0.917. The fourth-order valence-electron chi connectivity index (χ4n) is 1.89. The maximum atomic E-state index is 11.9. The van der Waals surface area contributed by atoms with E-state index in [4.69, 9.17) is 9.84 Å². The van der Waals surface area contributed by atoms with Gasteiger partial charge in [0.25, 0.3) is 0 Å². The number of aliphatic hydroxyl groups is 1. The number of rotatable bonds is 7. The van der Waals surface area contributed by atoms with Crippen molar-refractivity contribution in [3.63, 3.8) is 0 Å². The van der Waals surface area contributed by atoms with Crippen molar-refractivity contribution in [1.82, 2.24) is 9.80 Å². The number of ether oxygens (including phenoxy) is 1. The topological polar surface area (TPSA) is 53.0 Å². The molecule has 0 aromatic heterocycles. The molecule has 1 rings (SSSR count). The molecule has 1 amide bonds. The SMILES string of the molecule is CN(CCCCCO)CC(=O)N1CCOCC1. The smallest absolute Gasteiger partial charge is 0.236 e. The van der Waals surface area contributed by atoms with Crippen LogP contribution >= 0.6 is 0 Å². The third-order valence-electron chi connectivity index (χ3n) is 2.97. The highest BCUT2D eigenvalue weighted by atomic mass is 16.5. The van der Waals surface area contributed by atoms with Gasteiger partial charge in [-0.05, 0) is 32.9 Å². The predicted molar refractivity (Wildman–Crippen MR) is 65.8 cm³/mol. The molecular formula is C12H24N2O3. The minimum atomic E-state index is 0.193. The Morgan fingerprint density at radius 1 is 1.29 bits per heavy atom. The highest BCUT2D eigenvalue weighted by Crippen LogP contribution is 2.00. The Hall–Kier alpha value is -0.650. The summed E-state index contributed by atoms with van der Waals surface area (Å²) in [6.07, 6.45) is 2.91. The van der Waals surface area contributed by atoms with E-state index in [1.54, 1.807) is 0 Å². The standard InChI is InChI=1S/C12H24N2O3/c1-13(5-3-2-4-8-15)11-12(16)14-6-9-17-10-7-14/h15H,2-11H2,1H3. The van der Waals surface area contributed by atoms with E-state index in [-0.39, 0.29) is 12.5 Å². The zero-order valence-electron chi connectivity index (χ0n) is 10.7. The Bertz CT molecular complexity index is 218. The van der Waals surface area contributed by atoms with E-state index in [0.717, 1.165) is 38.9 Å². The quantitative estimate of drug-likeness (QED) is 0.638. The molecule has 0 aliphatic carbocycles. The number of carbonyl (C=O) groups is 1. The molecule has 1 heterocycles. The number of amides is 1. The number of nitrogens with zero attached hydrogens (tertiary/aromatic N) is 2. The molecule has 100 valence electrons. The summed E-state index contributed by atoms with van der Waals surface area (Å²) in [5.74, 6) is 0.193. The molecule has 0 aromatic rings. The summed E-state index contributed by atoms with van der Waals surface area (Å²) in [6, 6.07) is 0. The molecule has 0 bridgehead atoms. The molecule has 0 radical (unpaired) electrons. The van der Waals surface area contributed by atoms with Crippen LogP contribution in [0.4, 0.5) is 0 Å². The molecule has 1 aliphatic rings. The second-order valence-electron chi connectivity index (χ2n) is 4.52. The lowest BCUT2D eigenvalue weighted by Crippen LogP contribution is -2.45. The molecule has 1 saturated heterocycles. The summed E-state index contributed by atoms with van der Waals surface area (Å²) in [7, 11) is 1.97. The number of hydrogen-bond donors (Lipinski definition) is 1. The molecule has 1 aliphatic heterocycles. The Kier molecular flexibility index (Phi) is 7.16. The number of likely N-dealkylation sites (N-methyl/N-ethyl adjacent to an activating group) is 1. The first-order valence-electron chi connectivity index (χ1n) is 6.39. The molecule has 5 nitrogen and oxygen atoms in total. The maximum Gasteiger partial charge on any atom is 0.236 e. The molecule has 0 unspecified atom stereocenters. The number of morpholine rings is 1. The highest BCUT2D eigenvalue weighted by molar-refractivity contribution is 5.78. The van der Waals surface area contributed by atoms with E-state index >= 15 is 0 Å². The van der Waals surface area contributed by atoms with Crippen molar-refractivity contribution in [2.75, 3.05) is 53.0 Å². The van der Waals surface area contributed by atoms with Crippen LogP contribution in [0.25, 0.3) is 0 Å². The monoisotopic (exact) mass is 244 g/mol. The minimum Gasteiger partial charge on any atom is -0.396 e. The van der Waals surface area contributed by atoms with E-state index in [0.29, 0.717) is 19.8 Å². The van der Waals surface area contributed by atoms with Crippen molar-refractivity contribution in [2.24, 2.45) is 0 Å². The molecule has 1 N–H and O–H groups in total. The zero-order valence-corrected chi connectivity index (χ0v) is 10.7. The number of carbonyl (C=O) groups excluding carboxylic acids is 1. The Labute approximate surface area is 103 Å². The first kappa shape index (κ1) is 14.4. The van der Waals surface area contributed by atoms with Crippen molar-refractivity contribution in [3.05, 3.63) is 0 Å². The predicted octanol–water partition coefficient (Wildman–Crippen LogP) is -0.0604. The summed E-state index contributed by atoms with van der Waals surface area (Å²) in [5.41, 5.74) is 0. The van der Waals surface area contributed by atoms with Gasteiger partial charge in [0, 0.05) is 19.7 Å². The van der Waals surface area contributed by atoms with Crippen molar-refractivity contribution >= 4 is 5.91 Å². The van der Waals surface area contributed by atoms with Gasteiger partial charge in [-0.3, -0.25) is 9.69 Å². The molecule has 0 aromatic carbocycles. The van der Waals surface area contributed by atoms with Crippen LogP contribution in [-0.4, -0.2) is 73.9 Å². The molecule has 1 fully saturated rings. The average molecular weight is 244 g/mol. The lowest BCUT2D eigenvalue weighted by atomic mass is 10.2. The van der Waals surface area contributed by atoms with Gasteiger partial charge >= 0.3 is 0 Å². The lowest BCUT2D eigenvalue weighted by molar-refractivity contribution is -0.136. The van der Waals surface area contributed by atoms with Crippen molar-refractivity contribution in [3.8, 4) is 0 Å². The number of aliphatic hydroxyl groups excluding tert-OH is 1. The average Bonchev–Trinajstić information content (AvgIpc) is 2.36. The second-order valence-corrected chi connectivity index (χ2v) is 4.52. The van der Waals surface area contributed by atoms with Crippen molar-refractivity contribution in [1.29, 1.82) is 0 Å². The fourth-order valence-corrected chi connectivity index (χ4v) is 1.89. The van der Waals surface area contributed by atoms with Crippen LogP contribution in [0.3, 0.4) is 0 Å². The summed E-state index contributed by atoms with van der Waals surface area (Å²) in [5, 5.41) is 8.66. The first-order valence-corrected chi connectivity index (χ1v) is 6.39. The summed E-state index contributed by atoms with van der Waals surface area (Å²) in [6.45, 7) is 4.41. The van der Waals surface area contributed by atoms with Gasteiger partial charge in [0.1, 0.15) is 0 Å². The van der Waals surface area contributed by atoms with Gasteiger partial charge in [-0.2, -0.15) is 0 Å². The Balaban J connectivity index is 2.11. The summed E-state index contributed by atoms with van der Waals surface area (Å²) in [4.78, 5) is 15.8. The third kappa shape index (κ3) is 6.00. The van der Waals surface area contributed by atoms with Crippen LogP contribution in [0, 0.1) is 0 Å². The van der Waals surface area contributed by atoms with E-state index in [2.05, 4.69) is 4.90 Å². The van der Waals surface area contributed by atoms with E-state index < -0.39 is 0 Å². The van der Waals surface area contributed by atoms with Crippen molar-refractivity contribution in [2.45, 2.75) is 19.3 Å². The normalized spacial score (nSPS) is 16.5. The van der Waals surface area contributed by atoms with E-state index in [1.807, 2.05) is 11.9 Å². The van der Waals surface area contributed by atoms with Gasteiger partial charge < -0.3 is 14.7 Å². The van der Waals surface area contributed by atoms with Crippen LogP contribution in [0.5, 0.6) is 0 Å². The molecule has 5 heteroatoms. The van der Waals surface area contributed by atoms with E-state index in [9.17, 15) is 4.79 Å². The van der Waals surface area contributed by atoms with Crippen molar-refractivity contribution < 1.29 is 14.6 Å². The third-order valence-corrected chi connectivity index (χ3v) is 2.97. The minimum absolute atomic E-state index is 0.193. The van der Waals surface area contributed by atoms with E-state index in [1.165, 1.54) is 0 Å². The largest absolute Gasteiger partial charge is 0.396 e. The second kappa shape index (κ2) is 8.44. The summed E-state index contributed by atoms with van der Waals surface area (Å²) < 4.78 is 5.22. The molecule has 0 atom stereocenters. The zero-order chi connectivity index (χ0) is 12.5. The van der Waals surface area contributed by atoms with Gasteiger partial charge in [0.15, 0.2) is 0 Å². The molecular weight excluding hydrogens is 220 g/mol.